The van der Waals surface area contributed by atoms with Crippen LogP contribution in [0.15, 0.2) is 30.1 Å². The molecule has 1 aliphatic carbocycles. The van der Waals surface area contributed by atoms with Crippen LogP contribution in [0.4, 0.5) is 0 Å². The number of ketones is 2. The van der Waals surface area contributed by atoms with Gasteiger partial charge in [-0.15, -0.1) is 0 Å². The highest BCUT2D eigenvalue weighted by Gasteiger charge is 2.26. The van der Waals surface area contributed by atoms with Gasteiger partial charge in [-0.2, -0.15) is 0 Å². The van der Waals surface area contributed by atoms with E-state index in [-0.39, 0.29) is 17.3 Å². The molecule has 1 fully saturated rings. The molecule has 21 heavy (non-hydrogen) atoms. The number of carbonyl (C=O) groups is 2. The van der Waals surface area contributed by atoms with Crippen molar-refractivity contribution in [3.8, 4) is 0 Å². The molecule has 6 heteroatoms. The number of nitrogens with one attached hydrogen (secondary N) is 1. The van der Waals surface area contributed by atoms with Crippen molar-refractivity contribution in [2.75, 3.05) is 39.4 Å². The van der Waals surface area contributed by atoms with Gasteiger partial charge in [0.2, 0.25) is 5.78 Å². The monoisotopic (exact) mass is 287 g/mol. The maximum atomic E-state index is 12.3. The van der Waals surface area contributed by atoms with Crippen LogP contribution in [0.3, 0.4) is 0 Å². The van der Waals surface area contributed by atoms with E-state index in [9.17, 15) is 9.59 Å². The molecule has 6 nitrogen and oxygen atoms in total. The lowest BCUT2D eigenvalue weighted by molar-refractivity contribution is 0.0386. The third-order valence-electron chi connectivity index (χ3n) is 3.66. The zero-order valence-electron chi connectivity index (χ0n) is 11.7. The maximum absolute atomic E-state index is 12.3. The standard InChI is InChI=1S/C15H17N3O3/c19-13-10-12(15(20)14-11(13)2-1-3-17-14)16-4-5-18-6-8-21-9-7-18/h1-3,10,16H,4-9H2. The number of nitrogens with zero attached hydrogens (tertiary/aromatic N) is 2. The van der Waals surface area contributed by atoms with Gasteiger partial charge in [0, 0.05) is 38.5 Å². The Morgan fingerprint density at radius 3 is 2.90 bits per heavy atom. The quantitative estimate of drug-likeness (QED) is 0.857. The molecule has 1 aromatic rings. The number of morpholine rings is 1. The van der Waals surface area contributed by atoms with Crippen LogP contribution in [0.1, 0.15) is 20.8 Å². The maximum Gasteiger partial charge on any atom is 0.228 e. The molecule has 1 saturated heterocycles. The van der Waals surface area contributed by atoms with E-state index in [1.807, 2.05) is 0 Å². The highest BCUT2D eigenvalue weighted by Crippen LogP contribution is 2.17. The minimum atomic E-state index is -0.216. The van der Waals surface area contributed by atoms with Crippen LogP contribution in [0.25, 0.3) is 0 Å². The molecule has 0 saturated carbocycles. The van der Waals surface area contributed by atoms with Crippen LogP contribution in [-0.4, -0.2) is 60.8 Å². The number of ether oxygens (including phenoxy) is 1. The molecule has 3 rings (SSSR count). The first-order chi connectivity index (χ1) is 10.3. The molecule has 1 aromatic heterocycles. The average molecular weight is 287 g/mol. The van der Waals surface area contributed by atoms with Crippen LogP contribution in [0.5, 0.6) is 0 Å². The largest absolute Gasteiger partial charge is 0.380 e. The molecule has 0 amide bonds. The summed E-state index contributed by atoms with van der Waals surface area (Å²) >= 11 is 0. The number of pyridine rings is 1. The Hall–Kier alpha value is -2.05. The summed E-state index contributed by atoms with van der Waals surface area (Å²) in [6.45, 7) is 4.73. The number of hydrogen-bond acceptors (Lipinski definition) is 6. The second-order valence-electron chi connectivity index (χ2n) is 5.03. The number of allylic oxidation sites excluding steroid dienone is 2. The minimum absolute atomic E-state index is 0.174. The lowest BCUT2D eigenvalue weighted by atomic mass is 9.97. The van der Waals surface area contributed by atoms with Gasteiger partial charge in [0.15, 0.2) is 5.78 Å². The van der Waals surface area contributed by atoms with Crippen molar-refractivity contribution < 1.29 is 14.3 Å². The Morgan fingerprint density at radius 2 is 2.10 bits per heavy atom. The van der Waals surface area contributed by atoms with Gasteiger partial charge < -0.3 is 10.1 Å². The third-order valence-corrected chi connectivity index (χ3v) is 3.66. The van der Waals surface area contributed by atoms with Crippen LogP contribution in [0, 0.1) is 0 Å². The van der Waals surface area contributed by atoms with Crippen molar-refractivity contribution in [1.29, 1.82) is 0 Å². The minimum Gasteiger partial charge on any atom is -0.380 e. The summed E-state index contributed by atoms with van der Waals surface area (Å²) in [4.78, 5) is 30.5. The fourth-order valence-electron chi connectivity index (χ4n) is 2.49. The second kappa shape index (κ2) is 6.15. The van der Waals surface area contributed by atoms with E-state index in [0.29, 0.717) is 17.8 Å². The second-order valence-corrected chi connectivity index (χ2v) is 5.03. The molecule has 0 spiro atoms. The van der Waals surface area contributed by atoms with Gasteiger partial charge in [0.25, 0.3) is 0 Å². The van der Waals surface area contributed by atoms with Crippen molar-refractivity contribution in [2.45, 2.75) is 0 Å². The first-order valence-corrected chi connectivity index (χ1v) is 7.05. The lowest BCUT2D eigenvalue weighted by Crippen LogP contribution is -2.41. The van der Waals surface area contributed by atoms with Gasteiger partial charge in [0.1, 0.15) is 5.69 Å². The molecule has 110 valence electrons. The van der Waals surface area contributed by atoms with E-state index in [4.69, 9.17) is 4.74 Å². The Morgan fingerprint density at radius 1 is 1.29 bits per heavy atom. The van der Waals surface area contributed by atoms with Crippen LogP contribution in [-0.2, 0) is 4.74 Å². The molecule has 1 aliphatic heterocycles. The first kappa shape index (κ1) is 13.9. The molecular formula is C15H17N3O3. The van der Waals surface area contributed by atoms with Crippen molar-refractivity contribution >= 4 is 11.6 Å². The average Bonchev–Trinajstić information content (AvgIpc) is 2.53. The van der Waals surface area contributed by atoms with E-state index in [1.54, 1.807) is 12.1 Å². The highest BCUT2D eigenvalue weighted by molar-refractivity contribution is 6.23. The SMILES string of the molecule is O=C1C=C(NCCN2CCOCC2)C(=O)c2ncccc21. The summed E-state index contributed by atoms with van der Waals surface area (Å²) in [6.07, 6.45) is 2.90. The Balaban J connectivity index is 1.61. The van der Waals surface area contributed by atoms with Crippen molar-refractivity contribution in [3.05, 3.63) is 41.4 Å². The molecule has 1 N–H and O–H groups in total. The van der Waals surface area contributed by atoms with Gasteiger partial charge >= 0.3 is 0 Å². The summed E-state index contributed by atoms with van der Waals surface area (Å²) in [6, 6.07) is 3.29. The molecular weight excluding hydrogens is 270 g/mol. The third kappa shape index (κ3) is 3.01. The topological polar surface area (TPSA) is 71.5 Å². The summed E-state index contributed by atoms with van der Waals surface area (Å²) in [5, 5.41) is 3.06. The molecule has 0 bridgehead atoms. The zero-order chi connectivity index (χ0) is 14.7. The zero-order valence-corrected chi connectivity index (χ0v) is 11.7. The van der Waals surface area contributed by atoms with Crippen LogP contribution >= 0.6 is 0 Å². The predicted molar refractivity (Wildman–Crippen MR) is 76.2 cm³/mol. The van der Waals surface area contributed by atoms with Crippen LogP contribution < -0.4 is 5.32 Å². The normalized spacial score (nSPS) is 19.1. The number of rotatable bonds is 4. The van der Waals surface area contributed by atoms with Gasteiger partial charge in [0.05, 0.1) is 24.5 Å². The Kier molecular flexibility index (Phi) is 4.08. The van der Waals surface area contributed by atoms with Gasteiger partial charge in [-0.3, -0.25) is 19.5 Å². The first-order valence-electron chi connectivity index (χ1n) is 7.05. The molecule has 2 aliphatic rings. The van der Waals surface area contributed by atoms with Gasteiger partial charge in [-0.05, 0) is 12.1 Å². The van der Waals surface area contributed by atoms with Crippen molar-refractivity contribution in [3.63, 3.8) is 0 Å². The van der Waals surface area contributed by atoms with Crippen molar-refractivity contribution in [2.24, 2.45) is 0 Å². The number of carbonyl (C=O) groups excluding carboxylic acids is 2. The smallest absolute Gasteiger partial charge is 0.228 e. The number of hydrogen-bond donors (Lipinski definition) is 1. The van der Waals surface area contributed by atoms with Crippen LogP contribution in [0.2, 0.25) is 0 Å². The molecule has 0 unspecified atom stereocenters. The van der Waals surface area contributed by atoms with Gasteiger partial charge in [-0.1, -0.05) is 0 Å². The van der Waals surface area contributed by atoms with Crippen molar-refractivity contribution in [1.82, 2.24) is 15.2 Å². The van der Waals surface area contributed by atoms with E-state index >= 15 is 0 Å². The summed E-state index contributed by atoms with van der Waals surface area (Å²) in [7, 11) is 0. The molecule has 0 atom stereocenters. The van der Waals surface area contributed by atoms with E-state index in [1.165, 1.54) is 12.3 Å². The highest BCUT2D eigenvalue weighted by atomic mass is 16.5. The summed E-state index contributed by atoms with van der Waals surface area (Å²) in [5.74, 6) is -0.390. The summed E-state index contributed by atoms with van der Waals surface area (Å²) < 4.78 is 5.29. The van der Waals surface area contributed by atoms with E-state index in [0.717, 1.165) is 32.8 Å². The fourth-order valence-corrected chi connectivity index (χ4v) is 2.49. The number of fused-ring (bicyclic) bond motifs is 1. The molecule has 0 aromatic carbocycles. The molecule has 0 radical (unpaired) electrons. The number of Topliss-reactive ketones (excluding diaryl/α,β-unsaturated/α-hetero) is 1. The van der Waals surface area contributed by atoms with E-state index in [2.05, 4.69) is 15.2 Å². The lowest BCUT2D eigenvalue weighted by Gasteiger charge is -2.27. The van der Waals surface area contributed by atoms with Gasteiger partial charge in [-0.25, -0.2) is 0 Å². The Bertz CT molecular complexity index is 592. The number of aromatic nitrogens is 1. The van der Waals surface area contributed by atoms with E-state index < -0.39 is 0 Å². The Labute approximate surface area is 122 Å². The summed E-state index contributed by atoms with van der Waals surface area (Å²) in [5.41, 5.74) is 0.944. The molecule has 2 heterocycles. The fraction of sp³-hybridized carbons (Fsp3) is 0.400. The predicted octanol–water partition coefficient (Wildman–Crippen LogP) is 0.266.